The Morgan fingerprint density at radius 2 is 2.21 bits per heavy atom. The Bertz CT molecular complexity index is 708. The zero-order valence-corrected chi connectivity index (χ0v) is 11.5. The van der Waals surface area contributed by atoms with Crippen molar-refractivity contribution in [2.24, 2.45) is 7.05 Å². The largest absolute Gasteiger partial charge is 0.277 e. The van der Waals surface area contributed by atoms with Gasteiger partial charge in [-0.2, -0.15) is 10.2 Å². The molecule has 0 spiro atoms. The molecule has 3 rings (SSSR count). The highest BCUT2D eigenvalue weighted by molar-refractivity contribution is 5.93. The number of benzene rings is 1. The number of aryl methyl sites for hydroxylation is 1. The van der Waals surface area contributed by atoms with Crippen molar-refractivity contribution >= 4 is 10.9 Å². The SMILES string of the molecule is CC[C@H](C)c1ccc2[nH]nc(-c3cnn(C)c3)c2c1. The van der Waals surface area contributed by atoms with Gasteiger partial charge in [-0.25, -0.2) is 0 Å². The molecular formula is C15H18N4. The summed E-state index contributed by atoms with van der Waals surface area (Å²) >= 11 is 0. The Morgan fingerprint density at radius 3 is 2.89 bits per heavy atom. The van der Waals surface area contributed by atoms with Gasteiger partial charge in [-0.05, 0) is 30.0 Å². The van der Waals surface area contributed by atoms with E-state index in [1.165, 1.54) is 10.9 Å². The van der Waals surface area contributed by atoms with Crippen molar-refractivity contribution < 1.29 is 0 Å². The number of hydrogen-bond donors (Lipinski definition) is 1. The lowest BCUT2D eigenvalue weighted by molar-refractivity contribution is 0.735. The third kappa shape index (κ3) is 2.03. The number of nitrogens with zero attached hydrogens (tertiary/aromatic N) is 3. The summed E-state index contributed by atoms with van der Waals surface area (Å²) in [5, 5.41) is 12.9. The maximum absolute atomic E-state index is 4.43. The van der Waals surface area contributed by atoms with E-state index in [0.29, 0.717) is 5.92 Å². The van der Waals surface area contributed by atoms with Crippen LogP contribution in [0.2, 0.25) is 0 Å². The standard InChI is InChI=1S/C15H18N4/c1-4-10(2)11-5-6-14-13(7-11)15(18-17-14)12-8-16-19(3)9-12/h5-10H,4H2,1-3H3,(H,17,18)/t10-/m0/s1. The first-order valence-corrected chi connectivity index (χ1v) is 6.66. The van der Waals surface area contributed by atoms with Gasteiger partial charge in [-0.1, -0.05) is 19.9 Å². The molecule has 0 aliphatic heterocycles. The van der Waals surface area contributed by atoms with Crippen LogP contribution in [0.3, 0.4) is 0 Å². The van der Waals surface area contributed by atoms with E-state index in [4.69, 9.17) is 0 Å². The molecule has 4 heteroatoms. The molecule has 4 nitrogen and oxygen atoms in total. The first kappa shape index (κ1) is 12.0. The third-order valence-corrected chi connectivity index (χ3v) is 3.75. The molecule has 0 unspecified atom stereocenters. The molecule has 0 radical (unpaired) electrons. The highest BCUT2D eigenvalue weighted by atomic mass is 15.2. The number of rotatable bonds is 3. The Kier molecular flexibility index (Phi) is 2.85. The van der Waals surface area contributed by atoms with Crippen molar-refractivity contribution in [2.75, 3.05) is 0 Å². The van der Waals surface area contributed by atoms with Crippen LogP contribution >= 0.6 is 0 Å². The molecule has 0 bridgehead atoms. The van der Waals surface area contributed by atoms with E-state index in [9.17, 15) is 0 Å². The van der Waals surface area contributed by atoms with Gasteiger partial charge in [0.2, 0.25) is 0 Å². The summed E-state index contributed by atoms with van der Waals surface area (Å²) in [6, 6.07) is 6.54. The molecule has 0 saturated carbocycles. The summed E-state index contributed by atoms with van der Waals surface area (Å²) in [4.78, 5) is 0. The number of nitrogens with one attached hydrogen (secondary N) is 1. The number of aromatic amines is 1. The van der Waals surface area contributed by atoms with Gasteiger partial charge >= 0.3 is 0 Å². The van der Waals surface area contributed by atoms with E-state index in [0.717, 1.165) is 23.2 Å². The Morgan fingerprint density at radius 1 is 1.37 bits per heavy atom. The van der Waals surface area contributed by atoms with Crippen LogP contribution in [0.1, 0.15) is 31.7 Å². The van der Waals surface area contributed by atoms with Crippen LogP contribution < -0.4 is 0 Å². The van der Waals surface area contributed by atoms with Gasteiger partial charge in [0.1, 0.15) is 5.69 Å². The number of aromatic nitrogens is 4. The fourth-order valence-corrected chi connectivity index (χ4v) is 2.34. The van der Waals surface area contributed by atoms with E-state index in [2.05, 4.69) is 47.3 Å². The van der Waals surface area contributed by atoms with Gasteiger partial charge in [0.15, 0.2) is 0 Å². The molecule has 0 saturated heterocycles. The molecule has 0 fully saturated rings. The van der Waals surface area contributed by atoms with Crippen molar-refractivity contribution in [2.45, 2.75) is 26.2 Å². The normalized spacial score (nSPS) is 13.0. The molecule has 0 amide bonds. The van der Waals surface area contributed by atoms with Crippen molar-refractivity contribution in [3.05, 3.63) is 36.2 Å². The fraction of sp³-hybridized carbons (Fsp3) is 0.333. The molecule has 0 aliphatic carbocycles. The molecule has 2 aromatic heterocycles. The van der Waals surface area contributed by atoms with Crippen LogP contribution in [-0.2, 0) is 7.05 Å². The summed E-state index contributed by atoms with van der Waals surface area (Å²) in [5.74, 6) is 0.570. The lowest BCUT2D eigenvalue weighted by Gasteiger charge is -2.08. The number of fused-ring (bicyclic) bond motifs is 1. The number of H-pyrrole nitrogens is 1. The molecule has 1 aromatic carbocycles. The first-order valence-electron chi connectivity index (χ1n) is 6.66. The predicted octanol–water partition coefficient (Wildman–Crippen LogP) is 3.48. The predicted molar refractivity (Wildman–Crippen MR) is 77.0 cm³/mol. The summed E-state index contributed by atoms with van der Waals surface area (Å²) in [6.45, 7) is 4.47. The zero-order chi connectivity index (χ0) is 13.4. The molecule has 3 aromatic rings. The second-order valence-corrected chi connectivity index (χ2v) is 5.09. The second-order valence-electron chi connectivity index (χ2n) is 5.09. The van der Waals surface area contributed by atoms with Crippen LogP contribution in [0.25, 0.3) is 22.2 Å². The minimum absolute atomic E-state index is 0.570. The van der Waals surface area contributed by atoms with E-state index in [-0.39, 0.29) is 0 Å². The molecule has 19 heavy (non-hydrogen) atoms. The summed E-state index contributed by atoms with van der Waals surface area (Å²) in [5.41, 5.74) is 4.47. The van der Waals surface area contributed by atoms with Gasteiger partial charge in [0.25, 0.3) is 0 Å². The van der Waals surface area contributed by atoms with E-state index >= 15 is 0 Å². The minimum atomic E-state index is 0.570. The Labute approximate surface area is 112 Å². The van der Waals surface area contributed by atoms with Gasteiger partial charge < -0.3 is 0 Å². The molecule has 2 heterocycles. The van der Waals surface area contributed by atoms with Gasteiger partial charge in [0.05, 0.1) is 11.7 Å². The second kappa shape index (κ2) is 4.53. The maximum Gasteiger partial charge on any atom is 0.103 e. The molecule has 98 valence electrons. The van der Waals surface area contributed by atoms with Crippen LogP contribution in [0.15, 0.2) is 30.6 Å². The summed E-state index contributed by atoms with van der Waals surface area (Å²) in [6.07, 6.45) is 4.99. The first-order chi connectivity index (χ1) is 9.19. The van der Waals surface area contributed by atoms with Crippen LogP contribution in [0, 0.1) is 0 Å². The third-order valence-electron chi connectivity index (χ3n) is 3.75. The van der Waals surface area contributed by atoms with E-state index < -0.39 is 0 Å². The van der Waals surface area contributed by atoms with Gasteiger partial charge in [0, 0.05) is 24.2 Å². The highest BCUT2D eigenvalue weighted by Gasteiger charge is 2.12. The lowest BCUT2D eigenvalue weighted by Crippen LogP contribution is -1.90. The molecule has 1 atom stereocenters. The van der Waals surface area contributed by atoms with Crippen molar-refractivity contribution in [3.8, 4) is 11.3 Å². The summed E-state index contributed by atoms with van der Waals surface area (Å²) < 4.78 is 1.80. The van der Waals surface area contributed by atoms with Crippen LogP contribution in [0.4, 0.5) is 0 Å². The van der Waals surface area contributed by atoms with E-state index in [1.807, 2.05) is 19.4 Å². The topological polar surface area (TPSA) is 46.5 Å². The van der Waals surface area contributed by atoms with Gasteiger partial charge in [-0.3, -0.25) is 9.78 Å². The molecule has 1 N–H and O–H groups in total. The fourth-order valence-electron chi connectivity index (χ4n) is 2.34. The number of hydrogen-bond acceptors (Lipinski definition) is 2. The maximum atomic E-state index is 4.43. The monoisotopic (exact) mass is 254 g/mol. The summed E-state index contributed by atoms with van der Waals surface area (Å²) in [7, 11) is 1.92. The van der Waals surface area contributed by atoms with E-state index in [1.54, 1.807) is 4.68 Å². The Hall–Kier alpha value is -2.10. The Balaban J connectivity index is 2.15. The molecule has 0 aliphatic rings. The minimum Gasteiger partial charge on any atom is -0.277 e. The quantitative estimate of drug-likeness (QED) is 0.777. The van der Waals surface area contributed by atoms with Crippen molar-refractivity contribution in [3.63, 3.8) is 0 Å². The smallest absolute Gasteiger partial charge is 0.103 e. The lowest BCUT2D eigenvalue weighted by atomic mass is 9.96. The molecular weight excluding hydrogens is 236 g/mol. The van der Waals surface area contributed by atoms with Crippen molar-refractivity contribution in [1.82, 2.24) is 20.0 Å². The van der Waals surface area contributed by atoms with Crippen molar-refractivity contribution in [1.29, 1.82) is 0 Å². The average molecular weight is 254 g/mol. The van der Waals surface area contributed by atoms with Crippen LogP contribution in [0.5, 0.6) is 0 Å². The average Bonchev–Trinajstić information content (AvgIpc) is 3.02. The van der Waals surface area contributed by atoms with Gasteiger partial charge in [-0.15, -0.1) is 0 Å². The highest BCUT2D eigenvalue weighted by Crippen LogP contribution is 2.29. The van der Waals surface area contributed by atoms with Crippen LogP contribution in [-0.4, -0.2) is 20.0 Å². The zero-order valence-electron chi connectivity index (χ0n) is 11.5.